The van der Waals surface area contributed by atoms with Crippen molar-refractivity contribution in [2.45, 2.75) is 50.0 Å². The molecule has 0 saturated carbocycles. The van der Waals surface area contributed by atoms with Crippen LogP contribution in [0.5, 0.6) is 0 Å². The predicted molar refractivity (Wildman–Crippen MR) is 88.3 cm³/mol. The van der Waals surface area contributed by atoms with Gasteiger partial charge in [0.25, 0.3) is 0 Å². The third-order valence-corrected chi connectivity index (χ3v) is 4.97. The van der Waals surface area contributed by atoms with Crippen LogP contribution in [-0.2, 0) is 0 Å². The van der Waals surface area contributed by atoms with Crippen molar-refractivity contribution in [2.75, 3.05) is 12.3 Å². The smallest absolute Gasteiger partial charge is 0.106 e. The molecule has 0 aromatic heterocycles. The normalized spacial score (nSPS) is 13.7. The van der Waals surface area contributed by atoms with Gasteiger partial charge in [-0.15, -0.1) is 11.8 Å². The summed E-state index contributed by atoms with van der Waals surface area (Å²) in [5, 5.41) is 13.6. The Kier molecular flexibility index (Phi) is 8.06. The van der Waals surface area contributed by atoms with Gasteiger partial charge in [-0.05, 0) is 50.1 Å². The summed E-state index contributed by atoms with van der Waals surface area (Å²) in [5.41, 5.74) is -0.364. The minimum Gasteiger partial charge on any atom is -0.299 e. The molecule has 1 aromatic rings. The van der Waals surface area contributed by atoms with Crippen molar-refractivity contribution in [3.8, 4) is 6.07 Å². The average Bonchev–Trinajstić information content (AvgIpc) is 2.49. The van der Waals surface area contributed by atoms with E-state index in [2.05, 4.69) is 25.2 Å². The van der Waals surface area contributed by atoms with Crippen LogP contribution < -0.4 is 5.32 Å². The summed E-state index contributed by atoms with van der Waals surface area (Å²) in [6, 6.07) is 10.4. The van der Waals surface area contributed by atoms with E-state index in [1.54, 1.807) is 11.8 Å². The van der Waals surface area contributed by atoms with Crippen LogP contribution >= 0.6 is 23.4 Å². The number of hydrogen-bond donors (Lipinski definition) is 1. The number of benzene rings is 1. The molecule has 0 aliphatic heterocycles. The second kappa shape index (κ2) is 9.28. The lowest BCUT2D eigenvalue weighted by Crippen LogP contribution is -2.43. The monoisotopic (exact) mass is 310 g/mol. The van der Waals surface area contributed by atoms with Crippen molar-refractivity contribution in [3.05, 3.63) is 29.3 Å². The fourth-order valence-corrected chi connectivity index (χ4v) is 3.24. The van der Waals surface area contributed by atoms with E-state index in [1.165, 1.54) is 0 Å². The molecule has 1 rings (SSSR count). The molecule has 1 unspecified atom stereocenters. The molecule has 1 atom stereocenters. The molecule has 2 nitrogen and oxygen atoms in total. The zero-order valence-corrected chi connectivity index (χ0v) is 13.9. The molecule has 0 amide bonds. The Balaban J connectivity index is 2.42. The van der Waals surface area contributed by atoms with Gasteiger partial charge in [0.2, 0.25) is 0 Å². The summed E-state index contributed by atoms with van der Waals surface area (Å²) in [6.45, 7) is 5.10. The van der Waals surface area contributed by atoms with E-state index >= 15 is 0 Å². The van der Waals surface area contributed by atoms with E-state index < -0.39 is 0 Å². The first-order valence-corrected chi connectivity index (χ1v) is 8.57. The van der Waals surface area contributed by atoms with Gasteiger partial charge in [-0.25, -0.2) is 0 Å². The molecule has 110 valence electrons. The van der Waals surface area contributed by atoms with Gasteiger partial charge >= 0.3 is 0 Å². The number of rotatable bonds is 9. The Labute approximate surface area is 131 Å². The Hall–Kier alpha value is -0.690. The van der Waals surface area contributed by atoms with Crippen molar-refractivity contribution in [2.24, 2.45) is 0 Å². The van der Waals surface area contributed by atoms with Gasteiger partial charge < -0.3 is 0 Å². The van der Waals surface area contributed by atoms with Gasteiger partial charge in [-0.3, -0.25) is 5.32 Å². The maximum Gasteiger partial charge on any atom is 0.106 e. The fourth-order valence-electron chi connectivity index (χ4n) is 2.05. The second-order valence-electron chi connectivity index (χ2n) is 4.86. The fraction of sp³-hybridized carbons (Fsp3) is 0.562. The molecular weight excluding hydrogens is 288 g/mol. The molecule has 0 saturated heterocycles. The SMILES string of the molecule is CCCNC(C#N)(CC)CCCSc1ccccc1Cl. The number of nitriles is 1. The highest BCUT2D eigenvalue weighted by Gasteiger charge is 2.26. The van der Waals surface area contributed by atoms with Crippen molar-refractivity contribution >= 4 is 23.4 Å². The summed E-state index contributed by atoms with van der Waals surface area (Å²) in [4.78, 5) is 1.12. The van der Waals surface area contributed by atoms with Crippen LogP contribution in [0.25, 0.3) is 0 Å². The molecule has 0 heterocycles. The lowest BCUT2D eigenvalue weighted by molar-refractivity contribution is 0.371. The third kappa shape index (κ3) is 5.36. The van der Waals surface area contributed by atoms with E-state index in [4.69, 9.17) is 11.6 Å². The quantitative estimate of drug-likeness (QED) is 0.521. The van der Waals surface area contributed by atoms with Crippen LogP contribution in [0.1, 0.15) is 39.5 Å². The van der Waals surface area contributed by atoms with Gasteiger partial charge in [0.15, 0.2) is 0 Å². The number of hydrogen-bond acceptors (Lipinski definition) is 3. The molecular formula is C16H23ClN2S. The van der Waals surface area contributed by atoms with E-state index in [-0.39, 0.29) is 5.54 Å². The highest BCUT2D eigenvalue weighted by molar-refractivity contribution is 7.99. The molecule has 1 aromatic carbocycles. The Morgan fingerprint density at radius 2 is 2.10 bits per heavy atom. The van der Waals surface area contributed by atoms with Crippen LogP contribution in [0.3, 0.4) is 0 Å². The number of nitrogens with zero attached hydrogens (tertiary/aromatic N) is 1. The van der Waals surface area contributed by atoms with E-state index in [0.717, 1.165) is 47.9 Å². The zero-order chi connectivity index (χ0) is 14.8. The summed E-state index contributed by atoms with van der Waals surface area (Å²) < 4.78 is 0. The Morgan fingerprint density at radius 3 is 2.70 bits per heavy atom. The molecule has 0 fully saturated rings. The predicted octanol–water partition coefficient (Wildman–Crippen LogP) is 4.88. The van der Waals surface area contributed by atoms with Crippen LogP contribution in [0, 0.1) is 11.3 Å². The largest absolute Gasteiger partial charge is 0.299 e. The summed E-state index contributed by atoms with van der Waals surface area (Å²) in [5.74, 6) is 0.987. The lowest BCUT2D eigenvalue weighted by atomic mass is 9.92. The molecule has 0 aliphatic carbocycles. The van der Waals surface area contributed by atoms with Crippen molar-refractivity contribution in [3.63, 3.8) is 0 Å². The topological polar surface area (TPSA) is 35.8 Å². The molecule has 0 bridgehead atoms. The minimum absolute atomic E-state index is 0.364. The van der Waals surface area contributed by atoms with Gasteiger partial charge in [0.1, 0.15) is 5.54 Å². The minimum atomic E-state index is -0.364. The molecule has 4 heteroatoms. The molecule has 20 heavy (non-hydrogen) atoms. The van der Waals surface area contributed by atoms with Crippen LogP contribution in [0.4, 0.5) is 0 Å². The van der Waals surface area contributed by atoms with Crippen LogP contribution in [-0.4, -0.2) is 17.8 Å². The molecule has 0 spiro atoms. The van der Waals surface area contributed by atoms with E-state index in [1.807, 2.05) is 24.3 Å². The first kappa shape index (κ1) is 17.4. The van der Waals surface area contributed by atoms with E-state index in [0.29, 0.717) is 0 Å². The van der Waals surface area contributed by atoms with Crippen molar-refractivity contribution in [1.29, 1.82) is 5.26 Å². The maximum absolute atomic E-state index is 9.42. The summed E-state index contributed by atoms with van der Waals surface area (Å²) >= 11 is 7.89. The first-order chi connectivity index (χ1) is 9.67. The number of thioether (sulfide) groups is 1. The number of nitrogens with one attached hydrogen (secondary N) is 1. The highest BCUT2D eigenvalue weighted by Crippen LogP contribution is 2.28. The molecule has 0 aliphatic rings. The van der Waals surface area contributed by atoms with E-state index in [9.17, 15) is 5.26 Å². The third-order valence-electron chi connectivity index (χ3n) is 3.37. The van der Waals surface area contributed by atoms with Gasteiger partial charge in [-0.1, -0.05) is 37.6 Å². The van der Waals surface area contributed by atoms with Gasteiger partial charge in [0, 0.05) is 4.90 Å². The van der Waals surface area contributed by atoms with Gasteiger partial charge in [-0.2, -0.15) is 5.26 Å². The van der Waals surface area contributed by atoms with Gasteiger partial charge in [0.05, 0.1) is 11.1 Å². The van der Waals surface area contributed by atoms with Crippen LogP contribution in [0.2, 0.25) is 5.02 Å². The number of halogens is 1. The summed E-state index contributed by atoms with van der Waals surface area (Å²) in [6.07, 6.45) is 3.80. The van der Waals surface area contributed by atoms with Crippen LogP contribution in [0.15, 0.2) is 29.2 Å². The second-order valence-corrected chi connectivity index (χ2v) is 6.40. The zero-order valence-electron chi connectivity index (χ0n) is 12.3. The highest BCUT2D eigenvalue weighted by atomic mass is 35.5. The molecule has 1 N–H and O–H groups in total. The summed E-state index contributed by atoms with van der Waals surface area (Å²) in [7, 11) is 0. The Bertz CT molecular complexity index is 444. The van der Waals surface area contributed by atoms with Crippen molar-refractivity contribution < 1.29 is 0 Å². The standard InChI is InChI=1S/C16H23ClN2S/c1-3-11-19-16(4-2,13-18)10-7-12-20-15-9-6-5-8-14(15)17/h5-6,8-9,19H,3-4,7,10-12H2,1-2H3. The average molecular weight is 311 g/mol. The molecule has 0 radical (unpaired) electrons. The lowest BCUT2D eigenvalue weighted by Gasteiger charge is -2.26. The van der Waals surface area contributed by atoms with Crippen molar-refractivity contribution in [1.82, 2.24) is 5.32 Å². The Morgan fingerprint density at radius 1 is 1.35 bits per heavy atom. The first-order valence-electron chi connectivity index (χ1n) is 7.21. The maximum atomic E-state index is 9.42.